The largest absolute Gasteiger partial charge is 0.393 e. The summed E-state index contributed by atoms with van der Waals surface area (Å²) in [5.41, 5.74) is 1.47. The third kappa shape index (κ3) is 3.22. The van der Waals surface area contributed by atoms with E-state index in [0.717, 1.165) is 36.9 Å². The van der Waals surface area contributed by atoms with E-state index in [4.69, 9.17) is 10.4 Å². The fraction of sp³-hybridized carbons (Fsp3) is 0.571. The first-order valence-electron chi connectivity index (χ1n) is 6.56. The minimum atomic E-state index is -1.22. The highest BCUT2D eigenvalue weighted by Gasteiger charge is 2.21. The van der Waals surface area contributed by atoms with Crippen LogP contribution in [0.1, 0.15) is 36.6 Å². The quantitative estimate of drug-likeness (QED) is 0.752. The van der Waals surface area contributed by atoms with E-state index in [1.54, 1.807) is 0 Å². The summed E-state index contributed by atoms with van der Waals surface area (Å²) < 4.78 is 0. The molecule has 19 heavy (non-hydrogen) atoms. The smallest absolute Gasteiger partial charge is 0.144 e. The predicted octanol–water partition coefficient (Wildman–Crippen LogP) is 0.987. The molecule has 1 aromatic heterocycles. The molecule has 0 radical (unpaired) electrons. The van der Waals surface area contributed by atoms with Gasteiger partial charge in [-0.15, -0.1) is 0 Å². The highest BCUT2D eigenvalue weighted by Crippen LogP contribution is 2.24. The van der Waals surface area contributed by atoms with Gasteiger partial charge in [-0.05, 0) is 44.2 Å². The first-order valence-corrected chi connectivity index (χ1v) is 6.56. The summed E-state index contributed by atoms with van der Waals surface area (Å²) in [4.78, 5) is 4.50. The lowest BCUT2D eigenvalue weighted by Gasteiger charge is -2.22. The Hall–Kier alpha value is -1.64. The number of fused-ring (bicyclic) bond motifs is 1. The first-order chi connectivity index (χ1) is 9.05. The third-order valence-corrected chi connectivity index (χ3v) is 3.40. The van der Waals surface area contributed by atoms with Crippen molar-refractivity contribution < 1.29 is 10.2 Å². The number of aliphatic hydroxyl groups is 2. The fourth-order valence-electron chi connectivity index (χ4n) is 2.18. The van der Waals surface area contributed by atoms with Gasteiger partial charge in [0.2, 0.25) is 0 Å². The van der Waals surface area contributed by atoms with Crippen LogP contribution in [0.2, 0.25) is 0 Å². The number of hydrogen-bond acceptors (Lipinski definition) is 5. The summed E-state index contributed by atoms with van der Waals surface area (Å²) >= 11 is 0. The van der Waals surface area contributed by atoms with E-state index < -0.39 is 5.60 Å². The lowest BCUT2D eigenvalue weighted by atomic mass is 9.95. The number of anilines is 1. The Morgan fingerprint density at radius 1 is 1.47 bits per heavy atom. The summed E-state index contributed by atoms with van der Waals surface area (Å²) in [6.07, 6.45) is 4.18. The zero-order valence-corrected chi connectivity index (χ0v) is 11.1. The van der Waals surface area contributed by atoms with Crippen LogP contribution in [0, 0.1) is 11.3 Å². The Labute approximate surface area is 112 Å². The van der Waals surface area contributed by atoms with E-state index in [2.05, 4.69) is 16.4 Å². The highest BCUT2D eigenvalue weighted by molar-refractivity contribution is 5.54. The summed E-state index contributed by atoms with van der Waals surface area (Å²) in [6, 6.07) is 4.02. The fourth-order valence-corrected chi connectivity index (χ4v) is 2.18. The molecule has 0 bridgehead atoms. The second-order valence-electron chi connectivity index (χ2n) is 5.32. The van der Waals surface area contributed by atoms with Crippen LogP contribution in [-0.4, -0.2) is 33.9 Å². The minimum Gasteiger partial charge on any atom is -0.393 e. The Kier molecular flexibility index (Phi) is 4.03. The molecule has 0 saturated heterocycles. The van der Waals surface area contributed by atoms with Gasteiger partial charge in [-0.1, -0.05) is 0 Å². The van der Waals surface area contributed by atoms with Crippen molar-refractivity contribution in [3.8, 4) is 6.07 Å². The normalized spacial score (nSPS) is 17.2. The van der Waals surface area contributed by atoms with Gasteiger partial charge in [-0.2, -0.15) is 5.26 Å². The van der Waals surface area contributed by atoms with Gasteiger partial charge in [0.05, 0.1) is 12.2 Å². The molecule has 0 aromatic carbocycles. The third-order valence-electron chi connectivity index (χ3n) is 3.40. The van der Waals surface area contributed by atoms with Crippen molar-refractivity contribution in [2.24, 2.45) is 0 Å². The maximum Gasteiger partial charge on any atom is 0.144 e. The number of pyridine rings is 1. The van der Waals surface area contributed by atoms with E-state index in [0.29, 0.717) is 11.4 Å². The predicted molar refractivity (Wildman–Crippen MR) is 71.8 cm³/mol. The maximum atomic E-state index is 9.76. The Bertz CT molecular complexity index is 506. The van der Waals surface area contributed by atoms with E-state index >= 15 is 0 Å². The Balaban J connectivity index is 2.22. The van der Waals surface area contributed by atoms with Crippen LogP contribution in [0.4, 0.5) is 5.82 Å². The molecule has 1 aliphatic carbocycles. The molecular weight excluding hydrogens is 242 g/mol. The van der Waals surface area contributed by atoms with E-state index in [-0.39, 0.29) is 13.2 Å². The molecule has 5 nitrogen and oxygen atoms in total. The molecule has 0 fully saturated rings. The second-order valence-corrected chi connectivity index (χ2v) is 5.32. The number of nitrogens with zero attached hydrogens (tertiary/aromatic N) is 2. The van der Waals surface area contributed by atoms with E-state index in [1.165, 1.54) is 6.92 Å². The molecule has 3 N–H and O–H groups in total. The van der Waals surface area contributed by atoms with Gasteiger partial charge in [0, 0.05) is 12.2 Å². The number of nitriles is 1. The van der Waals surface area contributed by atoms with Crippen LogP contribution >= 0.6 is 0 Å². The molecule has 102 valence electrons. The van der Waals surface area contributed by atoms with Gasteiger partial charge in [-0.25, -0.2) is 4.98 Å². The number of nitrogens with one attached hydrogen (secondary N) is 1. The average molecular weight is 261 g/mol. The lowest BCUT2D eigenvalue weighted by Crippen LogP contribution is -2.37. The van der Waals surface area contributed by atoms with Crippen molar-refractivity contribution in [2.75, 3.05) is 18.5 Å². The molecular formula is C14H19N3O2. The molecule has 0 aliphatic heterocycles. The van der Waals surface area contributed by atoms with Crippen LogP contribution in [0.3, 0.4) is 0 Å². The number of aromatic nitrogens is 1. The van der Waals surface area contributed by atoms with Crippen LogP contribution in [0.25, 0.3) is 0 Å². The lowest BCUT2D eigenvalue weighted by molar-refractivity contribution is 0.0131. The van der Waals surface area contributed by atoms with Crippen molar-refractivity contribution >= 4 is 5.82 Å². The second kappa shape index (κ2) is 5.55. The first kappa shape index (κ1) is 13.8. The number of aliphatic hydroxyl groups excluding tert-OH is 1. The van der Waals surface area contributed by atoms with Gasteiger partial charge < -0.3 is 15.5 Å². The van der Waals surface area contributed by atoms with Gasteiger partial charge in [-0.3, -0.25) is 0 Å². The van der Waals surface area contributed by atoms with Crippen molar-refractivity contribution in [3.63, 3.8) is 0 Å². The Morgan fingerprint density at radius 3 is 2.89 bits per heavy atom. The van der Waals surface area contributed by atoms with Crippen molar-refractivity contribution in [1.82, 2.24) is 4.98 Å². The highest BCUT2D eigenvalue weighted by atomic mass is 16.3. The van der Waals surface area contributed by atoms with Crippen LogP contribution in [-0.2, 0) is 12.8 Å². The zero-order chi connectivity index (χ0) is 13.9. The molecule has 1 aromatic rings. The summed E-state index contributed by atoms with van der Waals surface area (Å²) in [5, 5.41) is 30.9. The molecule has 0 saturated carbocycles. The minimum absolute atomic E-state index is 0.157. The van der Waals surface area contributed by atoms with Gasteiger partial charge in [0.1, 0.15) is 17.5 Å². The maximum absolute atomic E-state index is 9.76. The van der Waals surface area contributed by atoms with Gasteiger partial charge in [0.15, 0.2) is 0 Å². The van der Waals surface area contributed by atoms with Crippen LogP contribution < -0.4 is 5.32 Å². The number of rotatable bonds is 4. The topological polar surface area (TPSA) is 89.2 Å². The molecule has 5 heteroatoms. The van der Waals surface area contributed by atoms with Crippen molar-refractivity contribution in [3.05, 3.63) is 22.9 Å². The average Bonchev–Trinajstić information content (AvgIpc) is 2.44. The molecule has 0 spiro atoms. The molecule has 1 aliphatic rings. The summed E-state index contributed by atoms with van der Waals surface area (Å²) in [5.74, 6) is 0.497. The zero-order valence-electron chi connectivity index (χ0n) is 11.1. The Morgan fingerprint density at radius 2 is 2.21 bits per heavy atom. The number of hydrogen-bond donors (Lipinski definition) is 3. The summed E-state index contributed by atoms with van der Waals surface area (Å²) in [6.45, 7) is 1.35. The monoisotopic (exact) mass is 261 g/mol. The van der Waals surface area contributed by atoms with Gasteiger partial charge >= 0.3 is 0 Å². The van der Waals surface area contributed by atoms with E-state index in [9.17, 15) is 5.11 Å². The molecule has 1 unspecified atom stereocenters. The summed E-state index contributed by atoms with van der Waals surface area (Å²) in [7, 11) is 0. The van der Waals surface area contributed by atoms with Crippen molar-refractivity contribution in [1.29, 1.82) is 5.26 Å². The standard InChI is InChI=1S/C14H19N3O2/c1-14(19,9-18)8-16-13-11(7-15)6-10-4-2-3-5-12(10)17-13/h6,18-19H,2-5,8-9H2,1H3,(H,16,17). The van der Waals surface area contributed by atoms with Crippen LogP contribution in [0.15, 0.2) is 6.07 Å². The molecule has 1 heterocycles. The van der Waals surface area contributed by atoms with Crippen molar-refractivity contribution in [2.45, 2.75) is 38.2 Å². The SMILES string of the molecule is CC(O)(CO)CNc1nc2c(cc1C#N)CCCC2. The van der Waals surface area contributed by atoms with Crippen LogP contribution in [0.5, 0.6) is 0 Å². The number of aryl methyl sites for hydroxylation is 2. The molecule has 2 rings (SSSR count). The molecule has 1 atom stereocenters. The van der Waals surface area contributed by atoms with E-state index in [1.807, 2.05) is 6.07 Å². The molecule has 0 amide bonds. The van der Waals surface area contributed by atoms with Gasteiger partial charge in [0.25, 0.3) is 0 Å².